The van der Waals surface area contributed by atoms with Gasteiger partial charge in [0.15, 0.2) is 0 Å². The predicted molar refractivity (Wildman–Crippen MR) is 142 cm³/mol. The summed E-state index contributed by atoms with van der Waals surface area (Å²) < 4.78 is 0. The maximum atomic E-state index is 10.9. The van der Waals surface area contributed by atoms with E-state index < -0.39 is 10.8 Å². The van der Waals surface area contributed by atoms with E-state index in [4.69, 9.17) is 4.98 Å². The third-order valence-electron chi connectivity index (χ3n) is 8.30. The first-order chi connectivity index (χ1) is 17.8. The first-order valence-electron chi connectivity index (χ1n) is 12.3. The highest BCUT2D eigenvalue weighted by atomic mass is 16.3. The molecule has 2 aliphatic carbocycles. The van der Waals surface area contributed by atoms with Crippen LogP contribution in [0.3, 0.4) is 0 Å². The molecule has 0 aliphatic heterocycles. The summed E-state index contributed by atoms with van der Waals surface area (Å²) in [5.41, 5.74) is 9.24. The van der Waals surface area contributed by atoms with Crippen LogP contribution in [0.15, 0.2) is 115 Å². The molecule has 0 unspecified atom stereocenters. The van der Waals surface area contributed by atoms with Gasteiger partial charge in [-0.1, -0.05) is 103 Å². The topological polar surface area (TPSA) is 53.4 Å². The van der Waals surface area contributed by atoms with Crippen molar-refractivity contribution >= 4 is 0 Å². The minimum atomic E-state index is -0.733. The number of fused-ring (bicyclic) bond motifs is 6. The van der Waals surface area contributed by atoms with Crippen molar-refractivity contribution in [3.05, 3.63) is 149 Å². The van der Waals surface area contributed by atoms with Crippen molar-refractivity contribution in [2.75, 3.05) is 13.2 Å². The largest absolute Gasteiger partial charge is 0.395 e. The molecule has 1 heterocycles. The van der Waals surface area contributed by atoms with Crippen molar-refractivity contribution in [3.63, 3.8) is 0 Å². The second-order valence-corrected chi connectivity index (χ2v) is 9.74. The average molecular weight is 468 g/mol. The van der Waals surface area contributed by atoms with Crippen molar-refractivity contribution in [1.29, 1.82) is 0 Å². The molecule has 0 atom stereocenters. The Morgan fingerprint density at radius 3 is 1.22 bits per heavy atom. The lowest BCUT2D eigenvalue weighted by atomic mass is 9.72. The molecular weight excluding hydrogens is 442 g/mol. The lowest BCUT2D eigenvalue weighted by Crippen LogP contribution is -2.34. The Hall–Kier alpha value is -4.05. The second-order valence-electron chi connectivity index (χ2n) is 9.74. The van der Waals surface area contributed by atoms with Gasteiger partial charge in [0.25, 0.3) is 0 Å². The molecule has 7 rings (SSSR count). The molecule has 36 heavy (non-hydrogen) atoms. The third-order valence-corrected chi connectivity index (χ3v) is 8.30. The maximum Gasteiger partial charge on any atom is 0.0866 e. The molecule has 3 nitrogen and oxygen atoms in total. The van der Waals surface area contributed by atoms with Gasteiger partial charge in [-0.3, -0.25) is 4.98 Å². The van der Waals surface area contributed by atoms with Crippen LogP contribution in [0.4, 0.5) is 0 Å². The number of pyridine rings is 1. The zero-order chi connectivity index (χ0) is 24.3. The van der Waals surface area contributed by atoms with Crippen LogP contribution in [0.1, 0.15) is 33.5 Å². The summed E-state index contributed by atoms with van der Waals surface area (Å²) in [4.78, 5) is 5.01. The smallest absolute Gasteiger partial charge is 0.0866 e. The molecule has 0 fully saturated rings. The van der Waals surface area contributed by atoms with E-state index in [0.29, 0.717) is 0 Å². The highest BCUT2D eigenvalue weighted by Gasteiger charge is 2.47. The van der Waals surface area contributed by atoms with E-state index in [1.54, 1.807) is 0 Å². The number of aliphatic hydroxyl groups excluding tert-OH is 2. The molecule has 1 aromatic heterocycles. The fourth-order valence-electron chi connectivity index (χ4n) is 6.65. The molecule has 5 aromatic rings. The van der Waals surface area contributed by atoms with E-state index in [1.807, 2.05) is 60.8 Å². The fourth-order valence-corrected chi connectivity index (χ4v) is 6.65. The molecule has 4 aromatic carbocycles. The molecule has 174 valence electrons. The lowest BCUT2D eigenvalue weighted by Gasteiger charge is -2.32. The van der Waals surface area contributed by atoms with E-state index >= 15 is 0 Å². The molecule has 0 saturated heterocycles. The molecule has 0 saturated carbocycles. The fraction of sp³-hybridized carbons (Fsp3) is 0.121. The summed E-state index contributed by atoms with van der Waals surface area (Å²) in [5.74, 6) is 0. The van der Waals surface area contributed by atoms with Gasteiger partial charge < -0.3 is 10.2 Å². The first-order valence-corrected chi connectivity index (χ1v) is 12.3. The zero-order valence-electron chi connectivity index (χ0n) is 19.7. The Labute approximate surface area is 210 Å². The Balaban J connectivity index is 1.44. The van der Waals surface area contributed by atoms with E-state index in [0.717, 1.165) is 55.8 Å². The molecule has 3 heteroatoms. The molecule has 0 radical (unpaired) electrons. The first kappa shape index (κ1) is 21.3. The van der Waals surface area contributed by atoms with Crippen molar-refractivity contribution in [2.45, 2.75) is 10.8 Å². The van der Waals surface area contributed by atoms with Gasteiger partial charge in [0.2, 0.25) is 0 Å². The number of rotatable bonds is 4. The summed E-state index contributed by atoms with van der Waals surface area (Å²) in [5, 5.41) is 21.9. The van der Waals surface area contributed by atoms with Gasteiger partial charge in [0.05, 0.1) is 29.7 Å². The second kappa shape index (κ2) is 7.72. The lowest BCUT2D eigenvalue weighted by molar-refractivity contribution is 0.241. The standard InChI is InChI=1S/C33H25NO2/c35-20-32(27-13-5-1-9-23(27)24-10-2-6-14-28(24)32)22-17-18-31(34-19-22)33(21-36)29-15-7-3-11-25(29)26-12-4-8-16-30(26)33/h1-19,35-36H,20-21H2. The number of aliphatic hydroxyl groups is 2. The van der Waals surface area contributed by atoms with E-state index in [-0.39, 0.29) is 13.2 Å². The molecule has 2 aliphatic rings. The van der Waals surface area contributed by atoms with E-state index in [9.17, 15) is 10.2 Å². The van der Waals surface area contributed by atoms with Gasteiger partial charge in [-0.2, -0.15) is 0 Å². The summed E-state index contributed by atoms with van der Waals surface area (Å²) >= 11 is 0. The third kappa shape index (κ3) is 2.51. The minimum Gasteiger partial charge on any atom is -0.395 e. The Bertz CT molecular complexity index is 1410. The summed E-state index contributed by atoms with van der Waals surface area (Å²) in [6, 6.07) is 37.3. The van der Waals surface area contributed by atoms with E-state index in [2.05, 4.69) is 54.6 Å². The van der Waals surface area contributed by atoms with Crippen LogP contribution in [0.5, 0.6) is 0 Å². The van der Waals surface area contributed by atoms with Crippen molar-refractivity contribution in [3.8, 4) is 22.3 Å². The van der Waals surface area contributed by atoms with E-state index in [1.165, 1.54) is 0 Å². The SMILES string of the molecule is OCC1(c2ccc(C3(CO)c4ccccc4-c4ccccc43)nc2)c2ccccc2-c2ccccc21. The van der Waals surface area contributed by atoms with Crippen LogP contribution in [0.25, 0.3) is 22.3 Å². The molecule has 0 spiro atoms. The van der Waals surface area contributed by atoms with Crippen LogP contribution >= 0.6 is 0 Å². The molecule has 2 N–H and O–H groups in total. The highest BCUT2D eigenvalue weighted by Crippen LogP contribution is 2.54. The van der Waals surface area contributed by atoms with Crippen LogP contribution in [0.2, 0.25) is 0 Å². The number of hydrogen-bond acceptors (Lipinski definition) is 3. The molecule has 0 bridgehead atoms. The number of benzene rings is 4. The van der Waals surface area contributed by atoms with Gasteiger partial charge in [-0.25, -0.2) is 0 Å². The normalized spacial score (nSPS) is 15.6. The van der Waals surface area contributed by atoms with Crippen LogP contribution in [-0.2, 0) is 10.8 Å². The average Bonchev–Trinajstić information content (AvgIpc) is 3.42. The Kier molecular flexibility index (Phi) is 4.56. The number of nitrogens with zero attached hydrogens (tertiary/aromatic N) is 1. The van der Waals surface area contributed by atoms with Gasteiger partial charge in [-0.05, 0) is 56.1 Å². The summed E-state index contributed by atoms with van der Waals surface area (Å²) in [6.07, 6.45) is 1.89. The van der Waals surface area contributed by atoms with Gasteiger partial charge in [0.1, 0.15) is 0 Å². The van der Waals surface area contributed by atoms with Crippen molar-refractivity contribution in [1.82, 2.24) is 4.98 Å². The highest BCUT2D eigenvalue weighted by molar-refractivity contribution is 5.84. The van der Waals surface area contributed by atoms with Crippen LogP contribution in [-0.4, -0.2) is 28.4 Å². The minimum absolute atomic E-state index is 0.0567. The quantitative estimate of drug-likeness (QED) is 0.357. The number of hydrogen-bond donors (Lipinski definition) is 2. The van der Waals surface area contributed by atoms with Crippen LogP contribution < -0.4 is 0 Å². The van der Waals surface area contributed by atoms with Crippen molar-refractivity contribution < 1.29 is 10.2 Å². The zero-order valence-corrected chi connectivity index (χ0v) is 19.7. The van der Waals surface area contributed by atoms with Gasteiger partial charge >= 0.3 is 0 Å². The molecular formula is C33H25NO2. The van der Waals surface area contributed by atoms with Gasteiger partial charge in [-0.15, -0.1) is 0 Å². The van der Waals surface area contributed by atoms with Crippen LogP contribution in [0, 0.1) is 0 Å². The van der Waals surface area contributed by atoms with Crippen molar-refractivity contribution in [2.24, 2.45) is 0 Å². The Morgan fingerprint density at radius 2 is 0.861 bits per heavy atom. The maximum absolute atomic E-state index is 10.9. The number of aromatic nitrogens is 1. The molecule has 0 amide bonds. The van der Waals surface area contributed by atoms with Gasteiger partial charge in [0, 0.05) is 6.20 Å². The monoisotopic (exact) mass is 467 g/mol. The summed E-state index contributed by atoms with van der Waals surface area (Å²) in [7, 11) is 0. The summed E-state index contributed by atoms with van der Waals surface area (Å²) in [6.45, 7) is -0.136. The Morgan fingerprint density at radius 1 is 0.472 bits per heavy atom. The predicted octanol–water partition coefficient (Wildman–Crippen LogP) is 5.70.